The van der Waals surface area contributed by atoms with Gasteiger partial charge in [-0.15, -0.1) is 11.3 Å². The number of benzene rings is 2. The molecule has 0 saturated carbocycles. The number of anilines is 1. The van der Waals surface area contributed by atoms with E-state index >= 15 is 0 Å². The summed E-state index contributed by atoms with van der Waals surface area (Å²) in [5.74, 6) is 0.381. The molecule has 2 amide bonds. The van der Waals surface area contributed by atoms with Gasteiger partial charge in [0, 0.05) is 30.1 Å². The van der Waals surface area contributed by atoms with Crippen LogP contribution in [0.1, 0.15) is 40.6 Å². The van der Waals surface area contributed by atoms with Gasteiger partial charge in [0.15, 0.2) is 0 Å². The summed E-state index contributed by atoms with van der Waals surface area (Å²) >= 11 is 1.62. The minimum absolute atomic E-state index is 0.112. The number of nitrogens with zero attached hydrogens (tertiary/aromatic N) is 2. The van der Waals surface area contributed by atoms with Crippen molar-refractivity contribution in [1.29, 1.82) is 0 Å². The Morgan fingerprint density at radius 1 is 1.06 bits per heavy atom. The highest BCUT2D eigenvalue weighted by Crippen LogP contribution is 2.32. The van der Waals surface area contributed by atoms with E-state index in [-0.39, 0.29) is 11.8 Å². The van der Waals surface area contributed by atoms with Crippen molar-refractivity contribution in [2.24, 2.45) is 0 Å². The van der Waals surface area contributed by atoms with Crippen LogP contribution < -0.4 is 15.0 Å². The summed E-state index contributed by atoms with van der Waals surface area (Å²) in [7, 11) is 1.64. The molecule has 0 bridgehead atoms. The first-order valence-electron chi connectivity index (χ1n) is 11.6. The standard InChI is InChI=1S/C27H31N3O3S/c1-20(27(32)30(19-23-11-8-16-34-23)18-21-9-4-3-5-10-21)28-26(31)22-12-13-25(33-2)24(17-22)29-14-6-7-15-29/h3-5,8-13,16-17,20H,6-7,14-15,18-19H2,1-2H3,(H,28,31). The molecule has 1 aliphatic heterocycles. The summed E-state index contributed by atoms with van der Waals surface area (Å²) in [5.41, 5.74) is 2.50. The second kappa shape index (κ2) is 11.2. The Hall–Kier alpha value is -3.32. The fourth-order valence-corrected chi connectivity index (χ4v) is 4.98. The molecular formula is C27H31N3O3S. The van der Waals surface area contributed by atoms with Gasteiger partial charge in [-0.25, -0.2) is 0 Å². The molecular weight excluding hydrogens is 446 g/mol. The van der Waals surface area contributed by atoms with Crippen molar-refractivity contribution >= 4 is 28.8 Å². The average molecular weight is 478 g/mol. The Balaban J connectivity index is 1.48. The zero-order valence-corrected chi connectivity index (χ0v) is 20.5. The third-order valence-electron chi connectivity index (χ3n) is 6.06. The van der Waals surface area contributed by atoms with Crippen LogP contribution >= 0.6 is 11.3 Å². The highest BCUT2D eigenvalue weighted by atomic mass is 32.1. The van der Waals surface area contributed by atoms with Crippen molar-refractivity contribution in [2.45, 2.75) is 38.9 Å². The molecule has 1 atom stereocenters. The van der Waals surface area contributed by atoms with Gasteiger partial charge in [-0.3, -0.25) is 9.59 Å². The van der Waals surface area contributed by atoms with Crippen LogP contribution in [0.2, 0.25) is 0 Å². The monoisotopic (exact) mass is 477 g/mol. The van der Waals surface area contributed by atoms with Crippen molar-refractivity contribution < 1.29 is 14.3 Å². The average Bonchev–Trinajstić information content (AvgIpc) is 3.58. The maximum Gasteiger partial charge on any atom is 0.251 e. The maximum atomic E-state index is 13.4. The van der Waals surface area contributed by atoms with Crippen molar-refractivity contribution in [3.8, 4) is 5.75 Å². The van der Waals surface area contributed by atoms with Crippen molar-refractivity contribution in [1.82, 2.24) is 10.2 Å². The molecule has 0 aliphatic carbocycles. The Kier molecular flexibility index (Phi) is 7.85. The number of hydrogen-bond acceptors (Lipinski definition) is 5. The number of carbonyl (C=O) groups is 2. The second-order valence-corrected chi connectivity index (χ2v) is 9.57. The summed E-state index contributed by atoms with van der Waals surface area (Å²) in [5, 5.41) is 4.92. The fraction of sp³-hybridized carbons (Fsp3) is 0.333. The number of rotatable bonds is 9. The largest absolute Gasteiger partial charge is 0.495 e. The van der Waals surface area contributed by atoms with E-state index in [1.807, 2.05) is 60.0 Å². The molecule has 7 heteroatoms. The molecule has 0 spiro atoms. The molecule has 178 valence electrons. The summed E-state index contributed by atoms with van der Waals surface area (Å²) < 4.78 is 5.52. The number of nitrogens with one attached hydrogen (secondary N) is 1. The number of methoxy groups -OCH3 is 1. The Bertz CT molecular complexity index is 1100. The van der Waals surface area contributed by atoms with Crippen molar-refractivity contribution in [3.63, 3.8) is 0 Å². The van der Waals surface area contributed by atoms with E-state index in [0.29, 0.717) is 18.7 Å². The first-order chi connectivity index (χ1) is 16.5. The van der Waals surface area contributed by atoms with E-state index in [1.54, 1.807) is 36.3 Å². The predicted octanol–water partition coefficient (Wildman–Crippen LogP) is 4.70. The lowest BCUT2D eigenvalue weighted by Gasteiger charge is -2.26. The van der Waals surface area contributed by atoms with Crippen LogP contribution in [0.25, 0.3) is 0 Å². The van der Waals surface area contributed by atoms with Crippen molar-refractivity contribution in [2.75, 3.05) is 25.1 Å². The van der Waals surface area contributed by atoms with Crippen molar-refractivity contribution in [3.05, 3.63) is 82.0 Å². The summed E-state index contributed by atoms with van der Waals surface area (Å²) in [6, 6.07) is 18.7. The number of hydrogen-bond donors (Lipinski definition) is 1. The maximum absolute atomic E-state index is 13.4. The third kappa shape index (κ3) is 5.78. The molecule has 1 N–H and O–H groups in total. The van der Waals surface area contributed by atoms with Gasteiger partial charge < -0.3 is 19.9 Å². The predicted molar refractivity (Wildman–Crippen MR) is 136 cm³/mol. The third-order valence-corrected chi connectivity index (χ3v) is 6.92. The first-order valence-corrected chi connectivity index (χ1v) is 12.5. The minimum atomic E-state index is -0.659. The molecule has 6 nitrogen and oxygen atoms in total. The van der Waals surface area contributed by atoms with E-state index in [4.69, 9.17) is 4.74 Å². The van der Waals surface area contributed by atoms with Gasteiger partial charge >= 0.3 is 0 Å². The van der Waals surface area contributed by atoms with Crippen LogP contribution in [-0.2, 0) is 17.9 Å². The van der Waals surface area contributed by atoms with E-state index in [2.05, 4.69) is 10.2 Å². The van der Waals surface area contributed by atoms with E-state index in [1.165, 1.54) is 0 Å². The highest BCUT2D eigenvalue weighted by molar-refractivity contribution is 7.09. The first kappa shape index (κ1) is 23.8. The molecule has 2 heterocycles. The van der Waals surface area contributed by atoms with Crippen LogP contribution in [0.15, 0.2) is 66.0 Å². The number of ether oxygens (including phenoxy) is 1. The Morgan fingerprint density at radius 2 is 1.82 bits per heavy atom. The van der Waals surface area contributed by atoms with Crippen LogP contribution in [0.3, 0.4) is 0 Å². The van der Waals surface area contributed by atoms with Gasteiger partial charge in [-0.2, -0.15) is 0 Å². The molecule has 1 saturated heterocycles. The minimum Gasteiger partial charge on any atom is -0.495 e. The van der Waals surface area contributed by atoms with Gasteiger partial charge in [0.05, 0.1) is 19.3 Å². The van der Waals surface area contributed by atoms with E-state index in [0.717, 1.165) is 47.8 Å². The summed E-state index contributed by atoms with van der Waals surface area (Å²) in [4.78, 5) is 31.6. The lowest BCUT2D eigenvalue weighted by atomic mass is 10.1. The van der Waals surface area contributed by atoms with Gasteiger partial charge in [-0.1, -0.05) is 36.4 Å². The molecule has 0 radical (unpaired) electrons. The highest BCUT2D eigenvalue weighted by Gasteiger charge is 2.24. The smallest absolute Gasteiger partial charge is 0.251 e. The second-order valence-electron chi connectivity index (χ2n) is 8.54. The van der Waals surface area contributed by atoms with Crippen LogP contribution in [0.4, 0.5) is 5.69 Å². The zero-order chi connectivity index (χ0) is 23.9. The van der Waals surface area contributed by atoms with Crippen LogP contribution in [-0.4, -0.2) is 43.0 Å². The summed E-state index contributed by atoms with van der Waals surface area (Å²) in [6.45, 7) is 4.64. The summed E-state index contributed by atoms with van der Waals surface area (Å²) in [6.07, 6.45) is 2.26. The SMILES string of the molecule is COc1ccc(C(=O)NC(C)C(=O)N(Cc2ccccc2)Cc2cccs2)cc1N1CCCC1. The van der Waals surface area contributed by atoms with Gasteiger partial charge in [-0.05, 0) is 55.0 Å². The molecule has 34 heavy (non-hydrogen) atoms. The van der Waals surface area contributed by atoms with E-state index in [9.17, 15) is 9.59 Å². The number of thiophene rings is 1. The Labute approximate surface area is 205 Å². The number of carbonyl (C=O) groups excluding carboxylic acids is 2. The molecule has 1 unspecified atom stereocenters. The zero-order valence-electron chi connectivity index (χ0n) is 19.7. The normalized spacial score (nSPS) is 14.0. The molecule has 3 aromatic rings. The molecule has 1 aromatic heterocycles. The lowest BCUT2D eigenvalue weighted by molar-refractivity contribution is -0.134. The molecule has 1 aliphatic rings. The van der Waals surface area contributed by atoms with Crippen LogP contribution in [0.5, 0.6) is 5.75 Å². The quantitative estimate of drug-likeness (QED) is 0.485. The molecule has 2 aromatic carbocycles. The van der Waals surface area contributed by atoms with Crippen LogP contribution in [0, 0.1) is 0 Å². The number of amides is 2. The van der Waals surface area contributed by atoms with Gasteiger partial charge in [0.2, 0.25) is 5.91 Å². The lowest BCUT2D eigenvalue weighted by Crippen LogP contribution is -2.46. The Morgan fingerprint density at radius 3 is 2.50 bits per heavy atom. The van der Waals surface area contributed by atoms with Gasteiger partial charge in [0.1, 0.15) is 11.8 Å². The molecule has 1 fully saturated rings. The molecule has 4 rings (SSSR count). The fourth-order valence-electron chi connectivity index (χ4n) is 4.26. The van der Waals surface area contributed by atoms with E-state index < -0.39 is 6.04 Å². The van der Waals surface area contributed by atoms with Gasteiger partial charge in [0.25, 0.3) is 5.91 Å². The topological polar surface area (TPSA) is 61.9 Å².